The van der Waals surface area contributed by atoms with E-state index in [1.807, 2.05) is 0 Å². The molecule has 2 aromatic carbocycles. The van der Waals surface area contributed by atoms with Crippen LogP contribution in [0.1, 0.15) is 11.1 Å². The lowest BCUT2D eigenvalue weighted by Gasteiger charge is -2.47. The fraction of sp³-hybridized carbons (Fsp3) is 0.273. The van der Waals surface area contributed by atoms with E-state index in [4.69, 9.17) is 0 Å². The first-order valence-corrected chi connectivity index (χ1v) is 9.96. The van der Waals surface area contributed by atoms with E-state index in [2.05, 4.69) is 4.98 Å². The summed E-state index contributed by atoms with van der Waals surface area (Å²) in [5.74, 6) is -1.25. The molecule has 0 aliphatic carbocycles. The minimum atomic E-state index is -2.15. The standard InChI is InChI=1S/C22H24N4O6/c1-24-17(10-14-12-23-15-7-5-8-16(19(14)15)26(31)32)20(28)25(2)22(30,21(24)29)11-13-6-3-4-9-18(13)27/h3-9,12,17,23,27,30-32H,10-11H2,1-2H3/t17-,22+/m0/s1. The largest absolute Gasteiger partial charge is 0.508 e. The van der Waals surface area contributed by atoms with E-state index < -0.39 is 23.6 Å². The maximum Gasteiger partial charge on any atom is 0.276 e. The van der Waals surface area contributed by atoms with Crippen LogP contribution < -0.4 is 5.23 Å². The number of H-pyrrole nitrogens is 1. The van der Waals surface area contributed by atoms with Crippen molar-refractivity contribution < 1.29 is 30.2 Å². The normalized spacial score (nSPS) is 21.5. The molecule has 0 bridgehead atoms. The molecule has 0 spiro atoms. The number of aromatic amines is 1. The van der Waals surface area contributed by atoms with Crippen LogP contribution >= 0.6 is 0 Å². The quantitative estimate of drug-likeness (QED) is 0.376. The Morgan fingerprint density at radius 3 is 2.47 bits per heavy atom. The molecule has 4 rings (SSSR count). The number of anilines is 1. The molecule has 0 unspecified atom stereocenters. The van der Waals surface area contributed by atoms with Crippen LogP contribution in [-0.2, 0) is 22.4 Å². The lowest BCUT2D eigenvalue weighted by atomic mass is 9.92. The Morgan fingerprint density at radius 1 is 1.06 bits per heavy atom. The number of aromatic hydroxyl groups is 1. The monoisotopic (exact) mass is 440 g/mol. The molecule has 168 valence electrons. The molecule has 1 aromatic heterocycles. The molecule has 0 radical (unpaired) electrons. The lowest BCUT2D eigenvalue weighted by molar-refractivity contribution is -0.194. The fourth-order valence-corrected chi connectivity index (χ4v) is 4.25. The highest BCUT2D eigenvalue weighted by molar-refractivity contribution is 6.00. The van der Waals surface area contributed by atoms with Gasteiger partial charge in [0.1, 0.15) is 17.5 Å². The van der Waals surface area contributed by atoms with Gasteiger partial charge in [0.15, 0.2) is 0 Å². The van der Waals surface area contributed by atoms with Crippen molar-refractivity contribution in [2.45, 2.75) is 24.6 Å². The third-order valence-corrected chi connectivity index (χ3v) is 6.12. The van der Waals surface area contributed by atoms with Gasteiger partial charge >= 0.3 is 0 Å². The Balaban J connectivity index is 1.66. The second-order valence-corrected chi connectivity index (χ2v) is 7.96. The van der Waals surface area contributed by atoms with Crippen molar-refractivity contribution in [3.05, 3.63) is 59.8 Å². The molecule has 1 fully saturated rings. The Kier molecular flexibility index (Phi) is 5.29. The third kappa shape index (κ3) is 3.34. The second kappa shape index (κ2) is 7.83. The van der Waals surface area contributed by atoms with Gasteiger partial charge in [0.05, 0.1) is 0 Å². The summed E-state index contributed by atoms with van der Waals surface area (Å²) in [6, 6.07) is 10.3. The van der Waals surface area contributed by atoms with Crippen molar-refractivity contribution in [3.63, 3.8) is 0 Å². The van der Waals surface area contributed by atoms with Crippen molar-refractivity contribution in [1.29, 1.82) is 0 Å². The van der Waals surface area contributed by atoms with Crippen molar-refractivity contribution >= 4 is 28.4 Å². The van der Waals surface area contributed by atoms with Crippen molar-refractivity contribution in [3.8, 4) is 5.75 Å². The highest BCUT2D eigenvalue weighted by Gasteiger charge is 2.53. The van der Waals surface area contributed by atoms with Crippen LogP contribution in [0.4, 0.5) is 5.69 Å². The van der Waals surface area contributed by atoms with Gasteiger partial charge in [-0.25, -0.2) is 0 Å². The molecule has 32 heavy (non-hydrogen) atoms. The molecule has 2 amide bonds. The van der Waals surface area contributed by atoms with E-state index in [1.54, 1.807) is 36.5 Å². The van der Waals surface area contributed by atoms with E-state index in [9.17, 15) is 30.2 Å². The van der Waals surface area contributed by atoms with Crippen LogP contribution in [0.25, 0.3) is 10.9 Å². The number of aliphatic hydroxyl groups is 1. The van der Waals surface area contributed by atoms with E-state index in [-0.39, 0.29) is 29.5 Å². The Hall–Kier alpha value is -3.60. The number of amides is 2. The molecule has 2 atom stereocenters. The van der Waals surface area contributed by atoms with Crippen molar-refractivity contribution in [2.24, 2.45) is 0 Å². The summed E-state index contributed by atoms with van der Waals surface area (Å²) in [5.41, 5.74) is -0.462. The van der Waals surface area contributed by atoms with Gasteiger partial charge in [-0.3, -0.25) is 20.0 Å². The molecule has 10 nitrogen and oxygen atoms in total. The number of nitrogens with one attached hydrogen (secondary N) is 1. The first-order valence-electron chi connectivity index (χ1n) is 9.96. The predicted molar refractivity (Wildman–Crippen MR) is 114 cm³/mol. The summed E-state index contributed by atoms with van der Waals surface area (Å²) in [4.78, 5) is 31.7. The molecule has 1 saturated heterocycles. The van der Waals surface area contributed by atoms with Gasteiger partial charge in [-0.2, -0.15) is 0 Å². The summed E-state index contributed by atoms with van der Waals surface area (Å²) in [6.45, 7) is 0. The van der Waals surface area contributed by atoms with Gasteiger partial charge in [0.2, 0.25) is 11.6 Å². The van der Waals surface area contributed by atoms with Gasteiger partial charge in [-0.15, -0.1) is 5.23 Å². The number of rotatable bonds is 5. The maximum absolute atomic E-state index is 13.2. The second-order valence-electron chi connectivity index (χ2n) is 7.96. The third-order valence-electron chi connectivity index (χ3n) is 6.12. The van der Waals surface area contributed by atoms with E-state index in [1.165, 1.54) is 31.1 Å². The number of carbonyl (C=O) groups excluding carboxylic acids is 2. The molecule has 0 saturated carbocycles. The van der Waals surface area contributed by atoms with Gasteiger partial charge in [-0.1, -0.05) is 24.3 Å². The van der Waals surface area contributed by atoms with Crippen molar-refractivity contribution in [1.82, 2.24) is 14.8 Å². The van der Waals surface area contributed by atoms with Gasteiger partial charge in [0, 0.05) is 44.0 Å². The molecular weight excluding hydrogens is 416 g/mol. The number of hydrogen-bond donors (Lipinski definition) is 5. The molecule has 5 N–H and O–H groups in total. The number of carbonyl (C=O) groups is 2. The highest BCUT2D eigenvalue weighted by atomic mass is 16.8. The SMILES string of the molecule is CN1C(=O)[C@](O)(Cc2ccccc2O)N(C)C(=O)[C@@H]1Cc1c[nH]c2cccc(N(O)O)c12. The van der Waals surface area contributed by atoms with Crippen LogP contribution in [0.15, 0.2) is 48.7 Å². The Morgan fingerprint density at radius 2 is 1.78 bits per heavy atom. The Bertz CT molecular complexity index is 1190. The maximum atomic E-state index is 13.2. The number of para-hydroxylation sites is 1. The number of nitrogens with zero attached hydrogens (tertiary/aromatic N) is 3. The number of benzene rings is 2. The first kappa shape index (κ1) is 21.6. The van der Waals surface area contributed by atoms with Crippen LogP contribution in [0, 0.1) is 0 Å². The minimum Gasteiger partial charge on any atom is -0.508 e. The lowest BCUT2D eigenvalue weighted by Crippen LogP contribution is -2.70. The molecule has 1 aliphatic rings. The first-order chi connectivity index (χ1) is 15.1. The number of hydrogen-bond acceptors (Lipinski definition) is 7. The number of likely N-dealkylation sites (N-methyl/N-ethyl adjacent to an activating group) is 2. The van der Waals surface area contributed by atoms with E-state index in [0.29, 0.717) is 22.0 Å². The average Bonchev–Trinajstić information content (AvgIpc) is 3.19. The molecule has 2 heterocycles. The van der Waals surface area contributed by atoms with Crippen molar-refractivity contribution in [2.75, 3.05) is 19.3 Å². The summed E-state index contributed by atoms with van der Waals surface area (Å²) in [6.07, 6.45) is 1.47. The molecule has 1 aliphatic heterocycles. The van der Waals surface area contributed by atoms with Crippen LogP contribution in [0.5, 0.6) is 5.75 Å². The number of aromatic nitrogens is 1. The smallest absolute Gasteiger partial charge is 0.276 e. The topological polar surface area (TPSA) is 141 Å². The molecule has 10 heteroatoms. The predicted octanol–water partition coefficient (Wildman–Crippen LogP) is 1.23. The van der Waals surface area contributed by atoms with Gasteiger partial charge in [-0.05, 0) is 29.3 Å². The number of phenolic OH excluding ortho intramolecular Hbond substituents is 1. The van der Waals surface area contributed by atoms with Gasteiger partial charge in [0.25, 0.3) is 5.91 Å². The van der Waals surface area contributed by atoms with E-state index >= 15 is 0 Å². The number of fused-ring (bicyclic) bond motifs is 1. The summed E-state index contributed by atoms with van der Waals surface area (Å²) < 4.78 is 0. The van der Waals surface area contributed by atoms with Gasteiger partial charge < -0.3 is 25.0 Å². The summed E-state index contributed by atoms with van der Waals surface area (Å²) in [7, 11) is 2.79. The summed E-state index contributed by atoms with van der Waals surface area (Å²) >= 11 is 0. The highest BCUT2D eigenvalue weighted by Crippen LogP contribution is 2.33. The molecular formula is C22H24N4O6. The minimum absolute atomic E-state index is 0.00837. The zero-order valence-corrected chi connectivity index (χ0v) is 17.6. The van der Waals surface area contributed by atoms with Crippen LogP contribution in [-0.4, -0.2) is 73.1 Å². The Labute approximate surface area is 183 Å². The summed E-state index contributed by atoms with van der Waals surface area (Å²) in [5, 5.41) is 40.9. The zero-order chi connectivity index (χ0) is 23.2. The van der Waals surface area contributed by atoms with Crippen LogP contribution in [0.2, 0.25) is 0 Å². The fourth-order valence-electron chi connectivity index (χ4n) is 4.25. The molecule has 3 aromatic rings. The number of phenols is 1. The van der Waals surface area contributed by atoms with Crippen LogP contribution in [0.3, 0.4) is 0 Å². The van der Waals surface area contributed by atoms with E-state index in [0.717, 1.165) is 4.90 Å². The number of piperazine rings is 1. The average molecular weight is 440 g/mol. The zero-order valence-electron chi connectivity index (χ0n) is 17.6.